The third kappa shape index (κ3) is 2.44. The molecule has 1 aliphatic carbocycles. The molecule has 2 N–H and O–H groups in total. The van der Waals surface area contributed by atoms with Crippen LogP contribution in [-0.2, 0) is 9.53 Å². The highest BCUT2D eigenvalue weighted by Crippen LogP contribution is 2.38. The second-order valence-corrected chi connectivity index (χ2v) is 3.95. The van der Waals surface area contributed by atoms with Crippen LogP contribution >= 0.6 is 0 Å². The fourth-order valence-corrected chi connectivity index (χ4v) is 2.15. The Balaban J connectivity index is 2.56. The van der Waals surface area contributed by atoms with E-state index in [9.17, 15) is 4.79 Å². The summed E-state index contributed by atoms with van der Waals surface area (Å²) in [5, 5.41) is 0. The van der Waals surface area contributed by atoms with Crippen LogP contribution in [0.2, 0.25) is 0 Å². The molecule has 0 atom stereocenters. The molecule has 0 radical (unpaired) electrons. The van der Waals surface area contributed by atoms with Crippen LogP contribution < -0.4 is 5.73 Å². The van der Waals surface area contributed by atoms with Gasteiger partial charge >= 0.3 is 0 Å². The third-order valence-electron chi connectivity index (χ3n) is 3.12. The number of carbonyl (C=O) groups is 1. The summed E-state index contributed by atoms with van der Waals surface area (Å²) in [5.74, 6) is -0.135. The van der Waals surface area contributed by atoms with E-state index in [0.29, 0.717) is 6.61 Å². The van der Waals surface area contributed by atoms with Gasteiger partial charge in [-0.2, -0.15) is 0 Å². The van der Waals surface area contributed by atoms with E-state index in [1.807, 2.05) is 0 Å². The van der Waals surface area contributed by atoms with Crippen molar-refractivity contribution in [2.45, 2.75) is 38.5 Å². The molecule has 0 unspecified atom stereocenters. The Kier molecular flexibility index (Phi) is 3.72. The van der Waals surface area contributed by atoms with Gasteiger partial charge in [0.2, 0.25) is 5.91 Å². The molecule has 1 saturated carbocycles. The first-order valence-electron chi connectivity index (χ1n) is 5.00. The number of methoxy groups -OCH3 is 1. The Labute approximate surface area is 79.6 Å². The first-order valence-corrected chi connectivity index (χ1v) is 5.00. The number of amides is 1. The van der Waals surface area contributed by atoms with E-state index in [2.05, 4.69) is 0 Å². The molecule has 1 aliphatic rings. The molecule has 0 spiro atoms. The van der Waals surface area contributed by atoms with E-state index < -0.39 is 0 Å². The van der Waals surface area contributed by atoms with Crippen molar-refractivity contribution in [3.8, 4) is 0 Å². The molecule has 1 amide bonds. The standard InChI is InChI=1S/C10H19NO2/c1-13-8-7-10(9(11)12)5-3-2-4-6-10/h2-8H2,1H3,(H2,11,12). The minimum absolute atomic E-state index is 0.135. The van der Waals surface area contributed by atoms with Gasteiger partial charge < -0.3 is 10.5 Å². The maximum Gasteiger partial charge on any atom is 0.223 e. The lowest BCUT2D eigenvalue weighted by molar-refractivity contribution is -0.130. The average Bonchev–Trinajstić information content (AvgIpc) is 2.16. The van der Waals surface area contributed by atoms with Crippen LogP contribution in [0.15, 0.2) is 0 Å². The SMILES string of the molecule is COCCC1(C(N)=O)CCCCC1. The zero-order chi connectivity index (χ0) is 9.73. The predicted octanol–water partition coefficient (Wildman–Crippen LogP) is 1.46. The smallest absolute Gasteiger partial charge is 0.223 e. The fourth-order valence-electron chi connectivity index (χ4n) is 2.15. The molecular weight excluding hydrogens is 166 g/mol. The van der Waals surface area contributed by atoms with Crippen molar-refractivity contribution in [1.82, 2.24) is 0 Å². The average molecular weight is 185 g/mol. The van der Waals surface area contributed by atoms with E-state index in [-0.39, 0.29) is 11.3 Å². The quantitative estimate of drug-likeness (QED) is 0.720. The van der Waals surface area contributed by atoms with Crippen molar-refractivity contribution in [2.24, 2.45) is 11.1 Å². The summed E-state index contributed by atoms with van der Waals surface area (Å²) in [6, 6.07) is 0. The molecule has 0 aromatic carbocycles. The second kappa shape index (κ2) is 4.61. The number of carbonyl (C=O) groups excluding carboxylic acids is 1. The molecule has 0 bridgehead atoms. The fraction of sp³-hybridized carbons (Fsp3) is 0.900. The van der Waals surface area contributed by atoms with E-state index in [1.54, 1.807) is 7.11 Å². The molecule has 0 aromatic heterocycles. The highest BCUT2D eigenvalue weighted by molar-refractivity contribution is 5.80. The first kappa shape index (κ1) is 10.5. The molecule has 0 saturated heterocycles. The molecule has 13 heavy (non-hydrogen) atoms. The number of rotatable bonds is 4. The number of primary amides is 1. The van der Waals surface area contributed by atoms with Gasteiger partial charge in [-0.25, -0.2) is 0 Å². The zero-order valence-electron chi connectivity index (χ0n) is 8.34. The predicted molar refractivity (Wildman–Crippen MR) is 51.2 cm³/mol. The van der Waals surface area contributed by atoms with Gasteiger partial charge in [0.15, 0.2) is 0 Å². The van der Waals surface area contributed by atoms with Crippen molar-refractivity contribution in [1.29, 1.82) is 0 Å². The molecule has 1 fully saturated rings. The Bertz CT molecular complexity index is 174. The van der Waals surface area contributed by atoms with Crippen LogP contribution in [0.3, 0.4) is 0 Å². The normalized spacial score (nSPS) is 21.3. The van der Waals surface area contributed by atoms with E-state index >= 15 is 0 Å². The van der Waals surface area contributed by atoms with Crippen LogP contribution in [-0.4, -0.2) is 19.6 Å². The topological polar surface area (TPSA) is 52.3 Å². The second-order valence-electron chi connectivity index (χ2n) is 3.95. The van der Waals surface area contributed by atoms with Gasteiger partial charge in [0.25, 0.3) is 0 Å². The minimum atomic E-state index is -0.256. The first-order chi connectivity index (χ1) is 6.21. The van der Waals surface area contributed by atoms with E-state index in [4.69, 9.17) is 10.5 Å². The Morgan fingerprint density at radius 1 is 1.38 bits per heavy atom. The molecule has 1 rings (SSSR count). The number of hydrogen-bond donors (Lipinski definition) is 1. The van der Waals surface area contributed by atoms with Gasteiger partial charge in [0.1, 0.15) is 0 Å². The summed E-state index contributed by atoms with van der Waals surface area (Å²) >= 11 is 0. The third-order valence-corrected chi connectivity index (χ3v) is 3.12. The van der Waals surface area contributed by atoms with Crippen molar-refractivity contribution < 1.29 is 9.53 Å². The van der Waals surface area contributed by atoms with Crippen molar-refractivity contribution in [3.05, 3.63) is 0 Å². The summed E-state index contributed by atoms with van der Waals surface area (Å²) in [6.45, 7) is 0.642. The zero-order valence-corrected chi connectivity index (χ0v) is 8.34. The van der Waals surface area contributed by atoms with Crippen LogP contribution in [0.25, 0.3) is 0 Å². The molecular formula is C10H19NO2. The molecule has 0 heterocycles. The van der Waals surface area contributed by atoms with Crippen molar-refractivity contribution in [2.75, 3.05) is 13.7 Å². The summed E-state index contributed by atoms with van der Waals surface area (Å²) in [7, 11) is 1.66. The van der Waals surface area contributed by atoms with Crippen molar-refractivity contribution >= 4 is 5.91 Å². The number of ether oxygens (including phenoxy) is 1. The van der Waals surface area contributed by atoms with Gasteiger partial charge in [-0.15, -0.1) is 0 Å². The monoisotopic (exact) mass is 185 g/mol. The summed E-state index contributed by atoms with van der Waals surface area (Å²) in [5.41, 5.74) is 5.19. The summed E-state index contributed by atoms with van der Waals surface area (Å²) in [6.07, 6.45) is 6.19. The lowest BCUT2D eigenvalue weighted by Crippen LogP contribution is -2.39. The number of nitrogens with two attached hydrogens (primary N) is 1. The van der Waals surface area contributed by atoms with E-state index in [0.717, 1.165) is 32.1 Å². The molecule has 3 nitrogen and oxygen atoms in total. The van der Waals surface area contributed by atoms with Gasteiger partial charge in [-0.1, -0.05) is 19.3 Å². The van der Waals surface area contributed by atoms with Gasteiger partial charge in [-0.05, 0) is 19.3 Å². The van der Waals surface area contributed by atoms with Gasteiger partial charge in [0.05, 0.1) is 5.41 Å². The van der Waals surface area contributed by atoms with Crippen LogP contribution in [0.5, 0.6) is 0 Å². The summed E-state index contributed by atoms with van der Waals surface area (Å²) in [4.78, 5) is 11.3. The molecule has 3 heteroatoms. The largest absolute Gasteiger partial charge is 0.385 e. The van der Waals surface area contributed by atoms with Crippen LogP contribution in [0.4, 0.5) is 0 Å². The molecule has 0 aliphatic heterocycles. The Morgan fingerprint density at radius 2 is 2.00 bits per heavy atom. The molecule has 76 valence electrons. The highest BCUT2D eigenvalue weighted by Gasteiger charge is 2.37. The highest BCUT2D eigenvalue weighted by atomic mass is 16.5. The lowest BCUT2D eigenvalue weighted by atomic mass is 9.71. The lowest BCUT2D eigenvalue weighted by Gasteiger charge is -2.33. The number of hydrogen-bond acceptors (Lipinski definition) is 2. The van der Waals surface area contributed by atoms with Gasteiger partial charge in [-0.3, -0.25) is 4.79 Å². The maximum atomic E-state index is 11.3. The van der Waals surface area contributed by atoms with Crippen LogP contribution in [0, 0.1) is 5.41 Å². The Hall–Kier alpha value is -0.570. The maximum absolute atomic E-state index is 11.3. The minimum Gasteiger partial charge on any atom is -0.385 e. The van der Waals surface area contributed by atoms with Crippen LogP contribution in [0.1, 0.15) is 38.5 Å². The van der Waals surface area contributed by atoms with E-state index in [1.165, 1.54) is 6.42 Å². The Morgan fingerprint density at radius 3 is 2.46 bits per heavy atom. The summed E-state index contributed by atoms with van der Waals surface area (Å²) < 4.78 is 5.01. The van der Waals surface area contributed by atoms with Gasteiger partial charge in [0, 0.05) is 13.7 Å². The van der Waals surface area contributed by atoms with Crippen molar-refractivity contribution in [3.63, 3.8) is 0 Å². The molecule has 0 aromatic rings.